The molecule has 1 N–H and O–H groups in total. The summed E-state index contributed by atoms with van der Waals surface area (Å²) < 4.78 is 0. The third kappa shape index (κ3) is 2.07. The first-order valence-electron chi connectivity index (χ1n) is 6.00. The molecule has 0 amide bonds. The molecule has 1 aliphatic heterocycles. The zero-order chi connectivity index (χ0) is 9.26. The predicted octanol–water partition coefficient (Wildman–Crippen LogP) is 2.81. The molecular formula is C12H23N. The smallest absolute Gasteiger partial charge is 0.0121 e. The van der Waals surface area contributed by atoms with E-state index < -0.39 is 0 Å². The second kappa shape index (κ2) is 4.00. The van der Waals surface area contributed by atoms with Crippen LogP contribution in [0, 0.1) is 17.8 Å². The number of rotatable bonds is 1. The van der Waals surface area contributed by atoms with Crippen molar-refractivity contribution in [2.45, 2.75) is 52.0 Å². The van der Waals surface area contributed by atoms with Crippen molar-refractivity contribution in [3.63, 3.8) is 0 Å². The van der Waals surface area contributed by atoms with Crippen LogP contribution in [0.4, 0.5) is 0 Å². The molecule has 1 heterocycles. The molecule has 1 saturated heterocycles. The standard InChI is InChI=1S/C12H23N/c1-9-4-3-5-11(8-9)12-10(2)6-7-13-12/h9-13H,3-8H2,1-2H3. The van der Waals surface area contributed by atoms with Crippen molar-refractivity contribution in [3.05, 3.63) is 0 Å². The average Bonchev–Trinajstić information content (AvgIpc) is 2.51. The van der Waals surface area contributed by atoms with Crippen LogP contribution in [0.25, 0.3) is 0 Å². The van der Waals surface area contributed by atoms with Crippen LogP contribution in [0.5, 0.6) is 0 Å². The lowest BCUT2D eigenvalue weighted by Gasteiger charge is -2.33. The molecule has 13 heavy (non-hydrogen) atoms. The third-order valence-electron chi connectivity index (χ3n) is 4.08. The van der Waals surface area contributed by atoms with Gasteiger partial charge >= 0.3 is 0 Å². The van der Waals surface area contributed by atoms with E-state index in [1.54, 1.807) is 0 Å². The minimum atomic E-state index is 0.850. The number of hydrogen-bond donors (Lipinski definition) is 1. The van der Waals surface area contributed by atoms with Crippen LogP contribution >= 0.6 is 0 Å². The Balaban J connectivity index is 1.91. The molecule has 1 saturated carbocycles. The second-order valence-corrected chi connectivity index (χ2v) is 5.28. The molecular weight excluding hydrogens is 158 g/mol. The second-order valence-electron chi connectivity index (χ2n) is 5.28. The highest BCUT2D eigenvalue weighted by Crippen LogP contribution is 2.35. The summed E-state index contributed by atoms with van der Waals surface area (Å²) in [5.74, 6) is 2.89. The van der Waals surface area contributed by atoms with Gasteiger partial charge in [0.25, 0.3) is 0 Å². The maximum Gasteiger partial charge on any atom is 0.0121 e. The fourth-order valence-electron chi connectivity index (χ4n) is 3.30. The highest BCUT2D eigenvalue weighted by Gasteiger charge is 2.32. The average molecular weight is 181 g/mol. The van der Waals surface area contributed by atoms with Gasteiger partial charge < -0.3 is 5.32 Å². The van der Waals surface area contributed by atoms with Crippen molar-refractivity contribution >= 4 is 0 Å². The van der Waals surface area contributed by atoms with Gasteiger partial charge in [-0.1, -0.05) is 26.7 Å². The van der Waals surface area contributed by atoms with Gasteiger partial charge in [0.15, 0.2) is 0 Å². The van der Waals surface area contributed by atoms with Crippen LogP contribution < -0.4 is 5.32 Å². The molecule has 0 spiro atoms. The van der Waals surface area contributed by atoms with Gasteiger partial charge in [0.05, 0.1) is 0 Å². The van der Waals surface area contributed by atoms with Gasteiger partial charge in [-0.05, 0) is 43.6 Å². The lowest BCUT2D eigenvalue weighted by Crippen LogP contribution is -2.36. The summed E-state index contributed by atoms with van der Waals surface area (Å²) in [5.41, 5.74) is 0. The van der Waals surface area contributed by atoms with E-state index in [0.29, 0.717) is 0 Å². The Bertz CT molecular complexity index is 167. The molecule has 1 nitrogen and oxygen atoms in total. The first-order chi connectivity index (χ1) is 6.27. The Kier molecular flexibility index (Phi) is 2.92. The molecule has 2 aliphatic rings. The summed E-state index contributed by atoms with van der Waals surface area (Å²) in [5, 5.41) is 3.70. The van der Waals surface area contributed by atoms with Gasteiger partial charge in [-0.2, -0.15) is 0 Å². The molecule has 4 atom stereocenters. The predicted molar refractivity (Wildman–Crippen MR) is 56.7 cm³/mol. The van der Waals surface area contributed by atoms with Crippen molar-refractivity contribution < 1.29 is 0 Å². The summed E-state index contributed by atoms with van der Waals surface area (Å²) in [6.07, 6.45) is 7.29. The Morgan fingerprint density at radius 2 is 1.92 bits per heavy atom. The first kappa shape index (κ1) is 9.51. The fourth-order valence-corrected chi connectivity index (χ4v) is 3.30. The molecule has 76 valence electrons. The first-order valence-corrected chi connectivity index (χ1v) is 6.00. The van der Waals surface area contributed by atoms with E-state index in [1.807, 2.05) is 0 Å². The number of nitrogens with one attached hydrogen (secondary N) is 1. The topological polar surface area (TPSA) is 12.0 Å². The molecule has 0 bridgehead atoms. The SMILES string of the molecule is CC1CCCC(C2NCCC2C)C1. The van der Waals surface area contributed by atoms with Gasteiger partial charge in [0.1, 0.15) is 0 Å². The zero-order valence-corrected chi connectivity index (χ0v) is 9.05. The molecule has 2 fully saturated rings. The van der Waals surface area contributed by atoms with Crippen LogP contribution in [-0.2, 0) is 0 Å². The summed E-state index contributed by atoms with van der Waals surface area (Å²) in [6.45, 7) is 6.10. The van der Waals surface area contributed by atoms with E-state index in [0.717, 1.165) is 23.8 Å². The van der Waals surface area contributed by atoms with E-state index in [-0.39, 0.29) is 0 Å². The van der Waals surface area contributed by atoms with E-state index in [2.05, 4.69) is 19.2 Å². The Morgan fingerprint density at radius 1 is 1.08 bits per heavy atom. The van der Waals surface area contributed by atoms with Crippen molar-refractivity contribution in [3.8, 4) is 0 Å². The molecule has 2 rings (SSSR count). The van der Waals surface area contributed by atoms with Crippen molar-refractivity contribution in [2.75, 3.05) is 6.54 Å². The van der Waals surface area contributed by atoms with Crippen molar-refractivity contribution in [2.24, 2.45) is 17.8 Å². The van der Waals surface area contributed by atoms with Crippen LogP contribution in [0.1, 0.15) is 46.0 Å². The van der Waals surface area contributed by atoms with Crippen LogP contribution in [0.15, 0.2) is 0 Å². The lowest BCUT2D eigenvalue weighted by atomic mass is 9.76. The normalized spacial score (nSPS) is 46.6. The summed E-state index contributed by atoms with van der Waals surface area (Å²) in [6, 6.07) is 0.850. The number of hydrogen-bond acceptors (Lipinski definition) is 1. The highest BCUT2D eigenvalue weighted by atomic mass is 15.0. The Hall–Kier alpha value is -0.0400. The van der Waals surface area contributed by atoms with Gasteiger partial charge in [0, 0.05) is 6.04 Å². The van der Waals surface area contributed by atoms with Crippen LogP contribution in [-0.4, -0.2) is 12.6 Å². The molecule has 0 aromatic rings. The van der Waals surface area contributed by atoms with Crippen LogP contribution in [0.3, 0.4) is 0 Å². The summed E-state index contributed by atoms with van der Waals surface area (Å²) in [4.78, 5) is 0. The van der Waals surface area contributed by atoms with Gasteiger partial charge in [-0.3, -0.25) is 0 Å². The van der Waals surface area contributed by atoms with Crippen molar-refractivity contribution in [1.29, 1.82) is 0 Å². The maximum atomic E-state index is 3.70. The van der Waals surface area contributed by atoms with Gasteiger partial charge in [-0.25, -0.2) is 0 Å². The largest absolute Gasteiger partial charge is 0.313 e. The van der Waals surface area contributed by atoms with Gasteiger partial charge in [0.2, 0.25) is 0 Å². The molecule has 4 unspecified atom stereocenters. The quantitative estimate of drug-likeness (QED) is 0.656. The maximum absolute atomic E-state index is 3.70. The molecule has 0 aromatic heterocycles. The monoisotopic (exact) mass is 181 g/mol. The van der Waals surface area contributed by atoms with E-state index in [4.69, 9.17) is 0 Å². The van der Waals surface area contributed by atoms with E-state index in [9.17, 15) is 0 Å². The van der Waals surface area contributed by atoms with Gasteiger partial charge in [-0.15, -0.1) is 0 Å². The molecule has 0 aromatic carbocycles. The molecule has 1 heteroatoms. The lowest BCUT2D eigenvalue weighted by molar-refractivity contribution is 0.211. The van der Waals surface area contributed by atoms with E-state index >= 15 is 0 Å². The Morgan fingerprint density at radius 3 is 2.54 bits per heavy atom. The fraction of sp³-hybridized carbons (Fsp3) is 1.00. The summed E-state index contributed by atoms with van der Waals surface area (Å²) >= 11 is 0. The minimum absolute atomic E-state index is 0.850. The molecule has 0 radical (unpaired) electrons. The molecule has 1 aliphatic carbocycles. The Labute approximate surface area is 82.3 Å². The highest BCUT2D eigenvalue weighted by molar-refractivity contribution is 4.88. The van der Waals surface area contributed by atoms with E-state index in [1.165, 1.54) is 38.6 Å². The zero-order valence-electron chi connectivity index (χ0n) is 9.05. The van der Waals surface area contributed by atoms with Crippen LogP contribution in [0.2, 0.25) is 0 Å². The van der Waals surface area contributed by atoms with Crippen molar-refractivity contribution in [1.82, 2.24) is 5.32 Å². The minimum Gasteiger partial charge on any atom is -0.313 e. The summed E-state index contributed by atoms with van der Waals surface area (Å²) in [7, 11) is 0. The third-order valence-corrected chi connectivity index (χ3v) is 4.08.